The Labute approximate surface area is 169 Å². The number of halogens is 1. The van der Waals surface area contributed by atoms with Gasteiger partial charge in [0.25, 0.3) is 0 Å². The lowest BCUT2D eigenvalue weighted by Gasteiger charge is -2.45. The molecule has 5 rings (SSSR count). The van der Waals surface area contributed by atoms with Crippen molar-refractivity contribution in [2.45, 2.75) is 62.9 Å². The van der Waals surface area contributed by atoms with Gasteiger partial charge in [-0.2, -0.15) is 0 Å². The van der Waals surface area contributed by atoms with Gasteiger partial charge in [-0.25, -0.2) is 0 Å². The summed E-state index contributed by atoms with van der Waals surface area (Å²) >= 11 is 0. The first-order chi connectivity index (χ1) is 12.8. The zero-order valence-corrected chi connectivity index (χ0v) is 16.9. The molecule has 1 N–H and O–H groups in total. The van der Waals surface area contributed by atoms with Crippen LogP contribution >= 0.6 is 12.4 Å². The van der Waals surface area contributed by atoms with Crippen molar-refractivity contribution in [3.05, 3.63) is 30.3 Å². The third-order valence-electron chi connectivity index (χ3n) is 7.76. The van der Waals surface area contributed by atoms with Crippen LogP contribution < -0.4 is 10.2 Å². The Balaban J connectivity index is 0.00000180. The lowest BCUT2D eigenvalue weighted by Crippen LogP contribution is -2.57. The van der Waals surface area contributed by atoms with Gasteiger partial charge >= 0.3 is 0 Å². The number of hydrogen-bond acceptors (Lipinski definition) is 3. The van der Waals surface area contributed by atoms with E-state index in [1.165, 1.54) is 44.2 Å². The summed E-state index contributed by atoms with van der Waals surface area (Å²) in [7, 11) is 0. The monoisotopic (exact) mass is 389 g/mol. The number of para-hydroxylation sites is 1. The van der Waals surface area contributed by atoms with E-state index in [2.05, 4.69) is 39.4 Å². The number of likely N-dealkylation sites (tertiary alicyclic amines) is 1. The number of piperidine rings is 1. The molecule has 4 aliphatic rings. The van der Waals surface area contributed by atoms with E-state index < -0.39 is 0 Å². The molecule has 1 spiro atoms. The fourth-order valence-corrected chi connectivity index (χ4v) is 6.29. The first-order valence-corrected chi connectivity index (χ1v) is 10.6. The smallest absolute Gasteiger partial charge is 0.247 e. The van der Waals surface area contributed by atoms with Crippen molar-refractivity contribution in [2.75, 3.05) is 24.7 Å². The predicted molar refractivity (Wildman–Crippen MR) is 111 cm³/mol. The number of amides is 1. The van der Waals surface area contributed by atoms with Gasteiger partial charge < -0.3 is 15.1 Å². The summed E-state index contributed by atoms with van der Waals surface area (Å²) < 4.78 is 0. The third-order valence-corrected chi connectivity index (χ3v) is 7.76. The van der Waals surface area contributed by atoms with Crippen LogP contribution in [0.1, 0.15) is 51.4 Å². The zero-order valence-electron chi connectivity index (χ0n) is 16.1. The van der Waals surface area contributed by atoms with Crippen LogP contribution in [0.4, 0.5) is 5.69 Å². The molecule has 2 heterocycles. The molecule has 0 radical (unpaired) electrons. The molecule has 2 aliphatic carbocycles. The van der Waals surface area contributed by atoms with Crippen LogP contribution in [0.15, 0.2) is 30.3 Å². The SMILES string of the molecule is Cl.O=C1NCN(c2ccccc2)C12CCN(C1C[C@H]3CCCC[C@H]3C1)CC2. The molecule has 5 heteroatoms. The van der Waals surface area contributed by atoms with Gasteiger partial charge in [0.05, 0.1) is 6.67 Å². The van der Waals surface area contributed by atoms with Gasteiger partial charge in [0.1, 0.15) is 5.54 Å². The van der Waals surface area contributed by atoms with Gasteiger partial charge in [-0.3, -0.25) is 4.79 Å². The lowest BCUT2D eigenvalue weighted by molar-refractivity contribution is -0.125. The summed E-state index contributed by atoms with van der Waals surface area (Å²) in [6.07, 6.45) is 10.6. The number of carbonyl (C=O) groups is 1. The molecule has 27 heavy (non-hydrogen) atoms. The topological polar surface area (TPSA) is 35.6 Å². The molecule has 1 aromatic rings. The number of hydrogen-bond donors (Lipinski definition) is 1. The van der Waals surface area contributed by atoms with Gasteiger partial charge in [0.15, 0.2) is 0 Å². The average molecular weight is 390 g/mol. The molecule has 2 saturated heterocycles. The minimum Gasteiger partial charge on any atom is -0.339 e. The Bertz CT molecular complexity index is 645. The van der Waals surface area contributed by atoms with Gasteiger partial charge in [-0.05, 0) is 49.7 Å². The van der Waals surface area contributed by atoms with E-state index in [-0.39, 0.29) is 23.9 Å². The summed E-state index contributed by atoms with van der Waals surface area (Å²) in [5, 5.41) is 3.12. The van der Waals surface area contributed by atoms with E-state index in [0.29, 0.717) is 6.67 Å². The van der Waals surface area contributed by atoms with Gasteiger partial charge in [-0.1, -0.05) is 43.9 Å². The van der Waals surface area contributed by atoms with Crippen molar-refractivity contribution in [3.8, 4) is 0 Å². The van der Waals surface area contributed by atoms with E-state index >= 15 is 0 Å². The summed E-state index contributed by atoms with van der Waals surface area (Å²) in [5.74, 6) is 2.21. The maximum Gasteiger partial charge on any atom is 0.247 e. The second-order valence-corrected chi connectivity index (χ2v) is 8.92. The molecule has 2 aliphatic heterocycles. The molecule has 1 amide bonds. The van der Waals surface area contributed by atoms with E-state index in [1.807, 2.05) is 6.07 Å². The Morgan fingerprint density at radius 2 is 1.59 bits per heavy atom. The minimum absolute atomic E-state index is 0. The van der Waals surface area contributed by atoms with Crippen molar-refractivity contribution >= 4 is 24.0 Å². The minimum atomic E-state index is -0.330. The first-order valence-electron chi connectivity index (χ1n) is 10.6. The molecular formula is C22H32ClN3O. The average Bonchev–Trinajstić information content (AvgIpc) is 3.25. The van der Waals surface area contributed by atoms with Crippen LogP contribution in [0.3, 0.4) is 0 Å². The van der Waals surface area contributed by atoms with Crippen LogP contribution in [0, 0.1) is 11.8 Å². The van der Waals surface area contributed by atoms with Crippen LogP contribution in [0.5, 0.6) is 0 Å². The van der Waals surface area contributed by atoms with Crippen molar-refractivity contribution in [2.24, 2.45) is 11.8 Å². The Kier molecular flexibility index (Phi) is 5.39. The van der Waals surface area contributed by atoms with Gasteiger partial charge in [-0.15, -0.1) is 12.4 Å². The fraction of sp³-hybridized carbons (Fsp3) is 0.682. The number of benzene rings is 1. The zero-order chi connectivity index (χ0) is 17.6. The maximum atomic E-state index is 12.8. The van der Waals surface area contributed by atoms with Crippen molar-refractivity contribution in [1.82, 2.24) is 10.2 Å². The molecular weight excluding hydrogens is 358 g/mol. The van der Waals surface area contributed by atoms with Crippen molar-refractivity contribution in [3.63, 3.8) is 0 Å². The summed E-state index contributed by atoms with van der Waals surface area (Å²) in [6.45, 7) is 2.79. The number of carbonyl (C=O) groups excluding carboxylic acids is 1. The van der Waals surface area contributed by atoms with Crippen LogP contribution in [0.25, 0.3) is 0 Å². The Hall–Kier alpha value is -1.26. The van der Waals surface area contributed by atoms with E-state index in [9.17, 15) is 4.79 Å². The summed E-state index contributed by atoms with van der Waals surface area (Å²) in [5.41, 5.74) is 0.842. The van der Waals surface area contributed by atoms with E-state index in [0.717, 1.165) is 43.8 Å². The number of nitrogens with zero attached hydrogens (tertiary/aromatic N) is 2. The molecule has 2 saturated carbocycles. The third kappa shape index (κ3) is 3.25. The first kappa shape index (κ1) is 19.1. The normalized spacial score (nSPS) is 32.8. The summed E-state index contributed by atoms with van der Waals surface area (Å²) in [4.78, 5) is 17.8. The molecule has 4 fully saturated rings. The van der Waals surface area contributed by atoms with Gasteiger partial charge in [0.2, 0.25) is 5.91 Å². The second-order valence-electron chi connectivity index (χ2n) is 8.92. The van der Waals surface area contributed by atoms with E-state index in [4.69, 9.17) is 0 Å². The molecule has 0 aromatic heterocycles. The Morgan fingerprint density at radius 3 is 2.22 bits per heavy atom. The van der Waals surface area contributed by atoms with Crippen molar-refractivity contribution < 1.29 is 4.79 Å². The molecule has 1 unspecified atom stereocenters. The standard InChI is InChI=1S/C22H31N3O.ClH/c26-21-22(25(16-23-21)19-8-2-1-3-9-19)10-12-24(13-11-22)20-14-17-6-4-5-7-18(17)15-20;/h1-3,8-9,17-18,20H,4-7,10-16H2,(H,23,26);1H/t17-,18+,20?;. The molecule has 148 valence electrons. The number of fused-ring (bicyclic) bond motifs is 1. The maximum absolute atomic E-state index is 12.8. The lowest BCUT2D eigenvalue weighted by atomic mass is 9.82. The summed E-state index contributed by atoms with van der Waals surface area (Å²) in [6, 6.07) is 11.2. The predicted octanol–water partition coefficient (Wildman–Crippen LogP) is 3.81. The fourth-order valence-electron chi connectivity index (χ4n) is 6.29. The second kappa shape index (κ2) is 7.63. The quantitative estimate of drug-likeness (QED) is 0.835. The molecule has 3 atom stereocenters. The highest BCUT2D eigenvalue weighted by Crippen LogP contribution is 2.45. The van der Waals surface area contributed by atoms with E-state index in [1.54, 1.807) is 0 Å². The molecule has 1 aromatic carbocycles. The largest absolute Gasteiger partial charge is 0.339 e. The Morgan fingerprint density at radius 1 is 0.963 bits per heavy atom. The highest BCUT2D eigenvalue weighted by Gasteiger charge is 2.51. The van der Waals surface area contributed by atoms with Crippen LogP contribution in [-0.4, -0.2) is 42.1 Å². The highest BCUT2D eigenvalue weighted by molar-refractivity contribution is 5.93. The number of nitrogens with one attached hydrogen (secondary N) is 1. The van der Waals surface area contributed by atoms with Gasteiger partial charge in [0, 0.05) is 24.8 Å². The van der Waals surface area contributed by atoms with Crippen LogP contribution in [-0.2, 0) is 4.79 Å². The van der Waals surface area contributed by atoms with Crippen LogP contribution in [0.2, 0.25) is 0 Å². The van der Waals surface area contributed by atoms with Crippen molar-refractivity contribution in [1.29, 1.82) is 0 Å². The molecule has 0 bridgehead atoms. The highest BCUT2D eigenvalue weighted by atomic mass is 35.5. The number of anilines is 1. The molecule has 4 nitrogen and oxygen atoms in total. The number of rotatable bonds is 2.